The number of nitrogens with zero attached hydrogens (tertiary/aromatic N) is 1. The van der Waals surface area contributed by atoms with Crippen molar-refractivity contribution < 1.29 is 23.7 Å². The number of fused-ring (bicyclic) bond motifs is 2. The molecule has 0 unspecified atom stereocenters. The Kier molecular flexibility index (Phi) is 4.38. The molecule has 154 valence electrons. The Bertz CT molecular complexity index is 1220. The van der Waals surface area contributed by atoms with E-state index in [1.807, 2.05) is 24.3 Å². The van der Waals surface area contributed by atoms with Crippen LogP contribution in [-0.4, -0.2) is 30.9 Å². The van der Waals surface area contributed by atoms with E-state index in [2.05, 4.69) is 0 Å². The first-order valence-electron chi connectivity index (χ1n) is 9.95. The van der Waals surface area contributed by atoms with Crippen LogP contribution in [0.2, 0.25) is 0 Å². The Morgan fingerprint density at radius 3 is 2.70 bits per heavy atom. The Labute approximate surface area is 172 Å². The quantitative estimate of drug-likeness (QED) is 0.600. The number of pyridine rings is 2. The average Bonchev–Trinajstić information content (AvgIpc) is 3.49. The van der Waals surface area contributed by atoms with Crippen molar-refractivity contribution in [3.05, 3.63) is 58.0 Å². The fourth-order valence-corrected chi connectivity index (χ4v) is 3.95. The smallest absolute Gasteiger partial charge is 0.343 e. The molecule has 5 rings (SSSR count). The van der Waals surface area contributed by atoms with Gasteiger partial charge in [0.05, 0.1) is 19.2 Å². The van der Waals surface area contributed by atoms with Crippen molar-refractivity contribution >= 4 is 11.5 Å². The zero-order valence-electron chi connectivity index (χ0n) is 16.8. The second-order valence-corrected chi connectivity index (χ2v) is 7.36. The molecule has 1 aliphatic heterocycles. The summed E-state index contributed by atoms with van der Waals surface area (Å²) >= 11 is 0. The van der Waals surface area contributed by atoms with E-state index in [9.17, 15) is 9.59 Å². The van der Waals surface area contributed by atoms with E-state index in [0.717, 1.165) is 29.5 Å². The van der Waals surface area contributed by atoms with Gasteiger partial charge in [0, 0.05) is 11.8 Å². The molecular weight excluding hydrogens is 386 g/mol. The molecule has 0 amide bonds. The van der Waals surface area contributed by atoms with Crippen molar-refractivity contribution in [1.29, 1.82) is 0 Å². The number of hydrogen-bond donors (Lipinski definition) is 0. The number of ether oxygens (including phenoxy) is 4. The lowest BCUT2D eigenvalue weighted by Crippen LogP contribution is -2.24. The van der Waals surface area contributed by atoms with E-state index in [1.165, 1.54) is 4.40 Å². The standard InChI is InChI=1S/C23H21NO6/c1-3-28-23(26)17-11-16(13-4-5-13)20-21(27-2)15(8-9-24(20)22(17)25)14-6-7-18-19(10-14)30-12-29-18/h6-11,13H,3-5,12H2,1-2H3. The van der Waals surface area contributed by atoms with Gasteiger partial charge >= 0.3 is 5.97 Å². The Morgan fingerprint density at radius 2 is 1.97 bits per heavy atom. The second-order valence-electron chi connectivity index (χ2n) is 7.36. The number of esters is 1. The SMILES string of the molecule is CCOC(=O)c1cc(C2CC2)c2c(OC)c(-c3ccc4c(c3)OCO4)ccn2c1=O. The van der Waals surface area contributed by atoms with Crippen LogP contribution in [0.3, 0.4) is 0 Å². The van der Waals surface area contributed by atoms with Crippen LogP contribution in [0.5, 0.6) is 17.2 Å². The first-order chi connectivity index (χ1) is 14.6. The van der Waals surface area contributed by atoms with Gasteiger partial charge in [0.25, 0.3) is 5.56 Å². The van der Waals surface area contributed by atoms with Gasteiger partial charge in [-0.15, -0.1) is 0 Å². The normalized spacial score (nSPS) is 14.7. The van der Waals surface area contributed by atoms with Gasteiger partial charge in [-0.05, 0) is 61.1 Å². The summed E-state index contributed by atoms with van der Waals surface area (Å²) in [6.45, 7) is 2.14. The van der Waals surface area contributed by atoms with Gasteiger partial charge in [0.2, 0.25) is 6.79 Å². The lowest BCUT2D eigenvalue weighted by molar-refractivity contribution is 0.0524. The van der Waals surface area contributed by atoms with Crippen molar-refractivity contribution in [2.75, 3.05) is 20.5 Å². The summed E-state index contributed by atoms with van der Waals surface area (Å²) in [5.41, 5.74) is 2.98. The van der Waals surface area contributed by atoms with Crippen LogP contribution in [0.1, 0.15) is 41.6 Å². The molecular formula is C23H21NO6. The highest BCUT2D eigenvalue weighted by atomic mass is 16.7. The topological polar surface area (TPSA) is 75.5 Å². The maximum atomic E-state index is 13.1. The maximum absolute atomic E-state index is 13.1. The number of carbonyl (C=O) groups is 1. The van der Waals surface area contributed by atoms with Gasteiger partial charge in [-0.25, -0.2) is 4.79 Å². The van der Waals surface area contributed by atoms with Crippen molar-refractivity contribution in [2.45, 2.75) is 25.7 Å². The van der Waals surface area contributed by atoms with E-state index in [-0.39, 0.29) is 24.9 Å². The second kappa shape index (κ2) is 7.09. The van der Waals surface area contributed by atoms with Crippen LogP contribution >= 0.6 is 0 Å². The first kappa shape index (κ1) is 18.5. The summed E-state index contributed by atoms with van der Waals surface area (Å²) in [6.07, 6.45) is 3.70. The molecule has 1 aromatic carbocycles. The summed E-state index contributed by atoms with van der Waals surface area (Å²) < 4.78 is 23.3. The zero-order valence-corrected chi connectivity index (χ0v) is 16.8. The Hall–Kier alpha value is -3.48. The number of benzene rings is 1. The number of hydrogen-bond acceptors (Lipinski definition) is 6. The van der Waals surface area contributed by atoms with E-state index >= 15 is 0 Å². The van der Waals surface area contributed by atoms with Crippen molar-refractivity contribution in [1.82, 2.24) is 4.40 Å². The molecule has 7 nitrogen and oxygen atoms in total. The van der Waals surface area contributed by atoms with Crippen molar-refractivity contribution in [3.63, 3.8) is 0 Å². The van der Waals surface area contributed by atoms with Crippen LogP contribution in [0.25, 0.3) is 16.6 Å². The average molecular weight is 407 g/mol. The van der Waals surface area contributed by atoms with Crippen LogP contribution < -0.4 is 19.8 Å². The number of aromatic nitrogens is 1. The number of methoxy groups -OCH3 is 1. The molecule has 2 aliphatic rings. The van der Waals surface area contributed by atoms with Gasteiger partial charge < -0.3 is 18.9 Å². The molecule has 0 bridgehead atoms. The molecule has 1 aliphatic carbocycles. The van der Waals surface area contributed by atoms with E-state index in [0.29, 0.717) is 22.8 Å². The molecule has 3 aromatic rings. The van der Waals surface area contributed by atoms with Crippen LogP contribution in [-0.2, 0) is 4.74 Å². The Balaban J connectivity index is 1.76. The summed E-state index contributed by atoms with van der Waals surface area (Å²) in [5, 5.41) is 0. The summed E-state index contributed by atoms with van der Waals surface area (Å²) in [7, 11) is 1.59. The molecule has 30 heavy (non-hydrogen) atoms. The molecule has 3 heterocycles. The number of rotatable bonds is 5. The molecule has 0 spiro atoms. The van der Waals surface area contributed by atoms with Gasteiger partial charge in [-0.1, -0.05) is 6.07 Å². The molecule has 0 saturated heterocycles. The monoisotopic (exact) mass is 407 g/mol. The highest BCUT2D eigenvalue weighted by Crippen LogP contribution is 2.46. The first-order valence-corrected chi connectivity index (χ1v) is 9.95. The molecule has 0 atom stereocenters. The summed E-state index contributed by atoms with van der Waals surface area (Å²) in [4.78, 5) is 25.4. The molecule has 0 N–H and O–H groups in total. The third kappa shape index (κ3) is 2.89. The molecule has 2 aromatic heterocycles. The third-order valence-corrected chi connectivity index (χ3v) is 5.51. The van der Waals surface area contributed by atoms with Gasteiger partial charge in [-0.2, -0.15) is 0 Å². The molecule has 1 fully saturated rings. The molecule has 1 saturated carbocycles. The third-order valence-electron chi connectivity index (χ3n) is 5.51. The zero-order chi connectivity index (χ0) is 20.8. The highest BCUT2D eigenvalue weighted by molar-refractivity contribution is 5.91. The van der Waals surface area contributed by atoms with Crippen molar-refractivity contribution in [3.8, 4) is 28.4 Å². The van der Waals surface area contributed by atoms with Gasteiger partial charge in [0.15, 0.2) is 17.2 Å². The minimum Gasteiger partial charge on any atom is -0.494 e. The predicted octanol–water partition coefficient (Wildman–Crippen LogP) is 3.76. The van der Waals surface area contributed by atoms with Crippen LogP contribution in [0.15, 0.2) is 41.3 Å². The van der Waals surface area contributed by atoms with E-state index in [1.54, 1.807) is 26.3 Å². The van der Waals surface area contributed by atoms with Crippen molar-refractivity contribution in [2.24, 2.45) is 0 Å². The van der Waals surface area contributed by atoms with Gasteiger partial charge in [0.1, 0.15) is 5.56 Å². The lowest BCUT2D eigenvalue weighted by atomic mass is 10.00. The van der Waals surface area contributed by atoms with Crippen LogP contribution in [0, 0.1) is 0 Å². The highest BCUT2D eigenvalue weighted by Gasteiger charge is 2.31. The minimum absolute atomic E-state index is 0.0501. The Morgan fingerprint density at radius 1 is 1.17 bits per heavy atom. The lowest BCUT2D eigenvalue weighted by Gasteiger charge is -2.17. The minimum atomic E-state index is -0.599. The van der Waals surface area contributed by atoms with Crippen LogP contribution in [0.4, 0.5) is 0 Å². The summed E-state index contributed by atoms with van der Waals surface area (Å²) in [5.74, 6) is 1.65. The fraction of sp³-hybridized carbons (Fsp3) is 0.304. The van der Waals surface area contributed by atoms with E-state index in [4.69, 9.17) is 18.9 Å². The maximum Gasteiger partial charge on any atom is 0.343 e. The largest absolute Gasteiger partial charge is 0.494 e. The predicted molar refractivity (Wildman–Crippen MR) is 110 cm³/mol. The number of carbonyl (C=O) groups excluding carboxylic acids is 1. The molecule has 7 heteroatoms. The van der Waals surface area contributed by atoms with Gasteiger partial charge in [-0.3, -0.25) is 9.20 Å². The summed E-state index contributed by atoms with van der Waals surface area (Å²) in [6, 6.07) is 9.19. The van der Waals surface area contributed by atoms with E-state index < -0.39 is 11.5 Å². The molecule has 0 radical (unpaired) electrons. The fourth-order valence-electron chi connectivity index (χ4n) is 3.95.